The van der Waals surface area contributed by atoms with Crippen LogP contribution in [-0.2, 0) is 4.79 Å². The Morgan fingerprint density at radius 1 is 1.25 bits per heavy atom. The van der Waals surface area contributed by atoms with Crippen LogP contribution in [0.2, 0.25) is 0 Å². The van der Waals surface area contributed by atoms with Crippen LogP contribution in [0.3, 0.4) is 0 Å². The Hall–Kier alpha value is -0.530. The molecule has 1 atom stereocenters. The first-order chi connectivity index (χ1) is 7.44. The van der Waals surface area contributed by atoms with Crippen LogP contribution in [0.25, 0.3) is 0 Å². The smallest absolute Gasteiger partial charge is 0.222 e. The first-order valence-corrected chi connectivity index (χ1v) is 6.73. The van der Waals surface area contributed by atoms with Crippen LogP contribution < -0.4 is 0 Å². The Morgan fingerprint density at radius 3 is 2.50 bits per heavy atom. The van der Waals surface area contributed by atoms with Gasteiger partial charge in [0.15, 0.2) is 0 Å². The summed E-state index contributed by atoms with van der Waals surface area (Å²) in [5.41, 5.74) is 0.313. The summed E-state index contributed by atoms with van der Waals surface area (Å²) in [6.07, 6.45) is 6.46. The summed E-state index contributed by atoms with van der Waals surface area (Å²) in [5, 5.41) is 0. The molecule has 0 saturated carbocycles. The van der Waals surface area contributed by atoms with Gasteiger partial charge in [-0.05, 0) is 31.1 Å². The molecule has 1 unspecified atom stereocenters. The molecule has 1 heterocycles. The third kappa shape index (κ3) is 4.15. The number of carbonyl (C=O) groups excluding carboxylic acids is 1. The van der Waals surface area contributed by atoms with E-state index in [1.165, 1.54) is 12.8 Å². The molecule has 1 amide bonds. The highest BCUT2D eigenvalue weighted by Crippen LogP contribution is 2.27. The van der Waals surface area contributed by atoms with Crippen LogP contribution in [0, 0.1) is 5.41 Å². The lowest BCUT2D eigenvalue weighted by atomic mass is 9.86. The first-order valence-electron chi connectivity index (χ1n) is 6.73. The van der Waals surface area contributed by atoms with Crippen molar-refractivity contribution in [2.75, 3.05) is 6.54 Å². The molecule has 0 bridgehead atoms. The van der Waals surface area contributed by atoms with Crippen LogP contribution in [0.5, 0.6) is 0 Å². The molecule has 0 aromatic rings. The summed E-state index contributed by atoms with van der Waals surface area (Å²) in [6, 6.07) is 0.450. The fourth-order valence-corrected chi connectivity index (χ4v) is 2.57. The van der Waals surface area contributed by atoms with E-state index in [1.54, 1.807) is 0 Å². The van der Waals surface area contributed by atoms with Gasteiger partial charge in [-0.15, -0.1) is 0 Å². The van der Waals surface area contributed by atoms with Crippen molar-refractivity contribution in [3.05, 3.63) is 0 Å². The van der Waals surface area contributed by atoms with E-state index in [0.29, 0.717) is 17.4 Å². The SMILES string of the molecule is CCC(CC(C)(C)C)N1CCCCCC1=O. The van der Waals surface area contributed by atoms with E-state index >= 15 is 0 Å². The van der Waals surface area contributed by atoms with Gasteiger partial charge < -0.3 is 4.90 Å². The molecule has 0 aromatic carbocycles. The van der Waals surface area contributed by atoms with E-state index in [9.17, 15) is 4.79 Å². The molecule has 0 radical (unpaired) electrons. The van der Waals surface area contributed by atoms with Crippen LogP contribution in [0.1, 0.15) is 66.2 Å². The van der Waals surface area contributed by atoms with Crippen molar-refractivity contribution in [1.82, 2.24) is 4.90 Å². The van der Waals surface area contributed by atoms with Crippen LogP contribution >= 0.6 is 0 Å². The lowest BCUT2D eigenvalue weighted by Gasteiger charge is -2.34. The second-order valence-corrected chi connectivity index (χ2v) is 6.22. The number of hydrogen-bond acceptors (Lipinski definition) is 1. The van der Waals surface area contributed by atoms with Gasteiger partial charge in [0.1, 0.15) is 0 Å². The molecular formula is C14H27NO. The average Bonchev–Trinajstić information content (AvgIpc) is 2.38. The van der Waals surface area contributed by atoms with Crippen LogP contribution in [0.4, 0.5) is 0 Å². The molecule has 1 saturated heterocycles. The Labute approximate surface area is 100 Å². The van der Waals surface area contributed by atoms with Crippen LogP contribution in [-0.4, -0.2) is 23.4 Å². The number of carbonyl (C=O) groups is 1. The van der Waals surface area contributed by atoms with Gasteiger partial charge in [-0.25, -0.2) is 0 Å². The van der Waals surface area contributed by atoms with Crippen molar-refractivity contribution in [3.63, 3.8) is 0 Å². The molecule has 2 nitrogen and oxygen atoms in total. The summed E-state index contributed by atoms with van der Waals surface area (Å²) in [4.78, 5) is 14.2. The quantitative estimate of drug-likeness (QED) is 0.718. The van der Waals surface area contributed by atoms with Gasteiger partial charge in [-0.2, -0.15) is 0 Å². The molecule has 0 aliphatic carbocycles. The monoisotopic (exact) mass is 225 g/mol. The minimum atomic E-state index is 0.313. The largest absolute Gasteiger partial charge is 0.340 e. The highest BCUT2D eigenvalue weighted by molar-refractivity contribution is 5.76. The molecule has 0 aromatic heterocycles. The minimum Gasteiger partial charge on any atom is -0.340 e. The summed E-state index contributed by atoms with van der Waals surface area (Å²) in [7, 11) is 0. The maximum atomic E-state index is 12.0. The number of hydrogen-bond donors (Lipinski definition) is 0. The van der Waals surface area contributed by atoms with Crippen molar-refractivity contribution in [2.24, 2.45) is 5.41 Å². The van der Waals surface area contributed by atoms with E-state index in [2.05, 4.69) is 32.6 Å². The van der Waals surface area contributed by atoms with E-state index in [1.807, 2.05) is 0 Å². The molecular weight excluding hydrogens is 198 g/mol. The second kappa shape index (κ2) is 5.70. The van der Waals surface area contributed by atoms with E-state index in [-0.39, 0.29) is 0 Å². The van der Waals surface area contributed by atoms with Gasteiger partial charge in [0.2, 0.25) is 5.91 Å². The van der Waals surface area contributed by atoms with Crippen molar-refractivity contribution in [2.45, 2.75) is 72.3 Å². The second-order valence-electron chi connectivity index (χ2n) is 6.22. The maximum Gasteiger partial charge on any atom is 0.222 e. The fraction of sp³-hybridized carbons (Fsp3) is 0.929. The molecule has 1 aliphatic heterocycles. The third-order valence-electron chi connectivity index (χ3n) is 3.37. The molecule has 1 fully saturated rings. The molecule has 16 heavy (non-hydrogen) atoms. The zero-order chi connectivity index (χ0) is 12.2. The lowest BCUT2D eigenvalue weighted by Crippen LogP contribution is -2.41. The van der Waals surface area contributed by atoms with Gasteiger partial charge in [0.25, 0.3) is 0 Å². The van der Waals surface area contributed by atoms with E-state index in [0.717, 1.165) is 32.2 Å². The van der Waals surface area contributed by atoms with Crippen molar-refractivity contribution < 1.29 is 4.79 Å². The number of rotatable bonds is 3. The molecule has 0 N–H and O–H groups in total. The first kappa shape index (κ1) is 13.5. The summed E-state index contributed by atoms with van der Waals surface area (Å²) >= 11 is 0. The average molecular weight is 225 g/mol. The molecule has 0 spiro atoms. The van der Waals surface area contributed by atoms with Crippen molar-refractivity contribution >= 4 is 5.91 Å². The molecule has 1 aliphatic rings. The number of amides is 1. The van der Waals surface area contributed by atoms with Gasteiger partial charge in [-0.3, -0.25) is 4.79 Å². The minimum absolute atomic E-state index is 0.313. The van der Waals surface area contributed by atoms with Crippen LogP contribution in [0.15, 0.2) is 0 Å². The number of likely N-dealkylation sites (tertiary alicyclic amines) is 1. The maximum absolute atomic E-state index is 12.0. The molecule has 94 valence electrons. The molecule has 2 heteroatoms. The summed E-state index contributed by atoms with van der Waals surface area (Å²) < 4.78 is 0. The van der Waals surface area contributed by atoms with Gasteiger partial charge >= 0.3 is 0 Å². The summed E-state index contributed by atoms with van der Waals surface area (Å²) in [5.74, 6) is 0.383. The Bertz CT molecular complexity index is 229. The fourth-order valence-electron chi connectivity index (χ4n) is 2.57. The van der Waals surface area contributed by atoms with Crippen molar-refractivity contribution in [3.8, 4) is 0 Å². The zero-order valence-corrected chi connectivity index (χ0v) is 11.4. The highest BCUT2D eigenvalue weighted by Gasteiger charge is 2.27. The Morgan fingerprint density at radius 2 is 1.94 bits per heavy atom. The van der Waals surface area contributed by atoms with Gasteiger partial charge in [0.05, 0.1) is 0 Å². The normalized spacial score (nSPS) is 20.8. The van der Waals surface area contributed by atoms with E-state index in [4.69, 9.17) is 0 Å². The highest BCUT2D eigenvalue weighted by atomic mass is 16.2. The standard InChI is InChI=1S/C14H27NO/c1-5-12(11-14(2,3)4)15-10-8-6-7-9-13(15)16/h12H,5-11H2,1-4H3. The predicted octanol–water partition coefficient (Wildman–Crippen LogP) is 3.60. The van der Waals surface area contributed by atoms with Gasteiger partial charge in [-0.1, -0.05) is 34.1 Å². The van der Waals surface area contributed by atoms with Gasteiger partial charge in [0, 0.05) is 19.0 Å². The lowest BCUT2D eigenvalue weighted by molar-refractivity contribution is -0.133. The van der Waals surface area contributed by atoms with Crippen molar-refractivity contribution in [1.29, 1.82) is 0 Å². The third-order valence-corrected chi connectivity index (χ3v) is 3.37. The van der Waals surface area contributed by atoms with E-state index < -0.39 is 0 Å². The Balaban J connectivity index is 2.65. The Kier molecular flexibility index (Phi) is 4.82. The number of nitrogens with zero attached hydrogens (tertiary/aromatic N) is 1. The predicted molar refractivity (Wildman–Crippen MR) is 68.3 cm³/mol. The summed E-state index contributed by atoms with van der Waals surface area (Å²) in [6.45, 7) is 9.97. The topological polar surface area (TPSA) is 20.3 Å². The zero-order valence-electron chi connectivity index (χ0n) is 11.4. The molecule has 1 rings (SSSR count).